The SMILES string of the molecule is CCOCCSc1nc2cc(C(=O)OC)ccc2c(=O)n1C[C@H](C)O. The number of fused-ring (bicyclic) bond motifs is 1. The van der Waals surface area contributed by atoms with Gasteiger partial charge in [0.1, 0.15) is 0 Å². The normalized spacial score (nSPS) is 12.3. The molecule has 0 aliphatic heterocycles. The van der Waals surface area contributed by atoms with E-state index in [0.29, 0.717) is 40.6 Å². The fourth-order valence-electron chi connectivity index (χ4n) is 2.32. The molecule has 0 spiro atoms. The minimum Gasteiger partial charge on any atom is -0.465 e. The molecule has 1 aromatic carbocycles. The average molecular weight is 366 g/mol. The summed E-state index contributed by atoms with van der Waals surface area (Å²) >= 11 is 1.38. The van der Waals surface area contributed by atoms with Crippen molar-refractivity contribution in [3.05, 3.63) is 34.1 Å². The Kier molecular flexibility index (Phi) is 6.98. The molecule has 136 valence electrons. The Hall–Kier alpha value is -1.90. The van der Waals surface area contributed by atoms with E-state index in [-0.39, 0.29) is 12.1 Å². The van der Waals surface area contributed by atoms with Crippen molar-refractivity contribution in [2.45, 2.75) is 31.7 Å². The van der Waals surface area contributed by atoms with Gasteiger partial charge in [0.15, 0.2) is 5.16 Å². The average Bonchev–Trinajstić information content (AvgIpc) is 2.60. The van der Waals surface area contributed by atoms with Crippen LogP contribution in [0.1, 0.15) is 24.2 Å². The molecule has 0 saturated heterocycles. The monoisotopic (exact) mass is 366 g/mol. The van der Waals surface area contributed by atoms with Crippen LogP contribution in [0.15, 0.2) is 28.2 Å². The minimum atomic E-state index is -0.683. The van der Waals surface area contributed by atoms with Crippen LogP contribution in [0.25, 0.3) is 10.9 Å². The third-order valence-corrected chi connectivity index (χ3v) is 4.39. The summed E-state index contributed by atoms with van der Waals surface area (Å²) in [6.45, 7) is 4.83. The predicted molar refractivity (Wildman–Crippen MR) is 96.2 cm³/mol. The maximum Gasteiger partial charge on any atom is 0.337 e. The Bertz CT molecular complexity index is 803. The van der Waals surface area contributed by atoms with Gasteiger partial charge in [-0.3, -0.25) is 9.36 Å². The molecule has 0 bridgehead atoms. The number of aromatic nitrogens is 2. The van der Waals surface area contributed by atoms with E-state index in [9.17, 15) is 14.7 Å². The van der Waals surface area contributed by atoms with Gasteiger partial charge in [0.05, 0.1) is 42.8 Å². The second-order valence-electron chi connectivity index (χ2n) is 5.43. The van der Waals surface area contributed by atoms with Crippen molar-refractivity contribution in [2.75, 3.05) is 26.1 Å². The maximum atomic E-state index is 12.8. The van der Waals surface area contributed by atoms with Gasteiger partial charge in [-0.05, 0) is 32.0 Å². The zero-order valence-corrected chi connectivity index (χ0v) is 15.3. The van der Waals surface area contributed by atoms with Gasteiger partial charge in [-0.15, -0.1) is 0 Å². The summed E-state index contributed by atoms with van der Waals surface area (Å²) in [5, 5.41) is 10.6. The van der Waals surface area contributed by atoms with Crippen molar-refractivity contribution < 1.29 is 19.4 Å². The van der Waals surface area contributed by atoms with E-state index < -0.39 is 12.1 Å². The summed E-state index contributed by atoms with van der Waals surface area (Å²) in [4.78, 5) is 29.0. The predicted octanol–water partition coefficient (Wildman–Crippen LogP) is 1.69. The highest BCUT2D eigenvalue weighted by Gasteiger charge is 2.15. The number of benzene rings is 1. The number of hydrogen-bond donors (Lipinski definition) is 1. The molecule has 0 fully saturated rings. The van der Waals surface area contributed by atoms with Crippen LogP contribution in [0.2, 0.25) is 0 Å². The van der Waals surface area contributed by atoms with Crippen molar-refractivity contribution in [3.8, 4) is 0 Å². The quantitative estimate of drug-likeness (QED) is 0.329. The first-order valence-corrected chi connectivity index (χ1v) is 8.98. The highest BCUT2D eigenvalue weighted by molar-refractivity contribution is 7.99. The van der Waals surface area contributed by atoms with Crippen molar-refractivity contribution in [1.82, 2.24) is 9.55 Å². The van der Waals surface area contributed by atoms with Crippen molar-refractivity contribution >= 4 is 28.6 Å². The largest absolute Gasteiger partial charge is 0.465 e. The summed E-state index contributed by atoms with van der Waals surface area (Å²) in [6.07, 6.45) is -0.683. The Labute approximate surface area is 150 Å². The molecule has 2 rings (SSSR count). The fourth-order valence-corrected chi connectivity index (χ4v) is 3.18. The number of carbonyl (C=O) groups excluding carboxylic acids is 1. The molecule has 1 atom stereocenters. The van der Waals surface area contributed by atoms with Crippen molar-refractivity contribution in [3.63, 3.8) is 0 Å². The van der Waals surface area contributed by atoms with E-state index in [1.165, 1.54) is 29.5 Å². The number of ether oxygens (including phenoxy) is 2. The Morgan fingerprint density at radius 1 is 1.44 bits per heavy atom. The lowest BCUT2D eigenvalue weighted by Crippen LogP contribution is -2.28. The van der Waals surface area contributed by atoms with Crippen molar-refractivity contribution in [2.24, 2.45) is 0 Å². The Morgan fingerprint density at radius 3 is 2.84 bits per heavy atom. The molecule has 25 heavy (non-hydrogen) atoms. The molecular formula is C17H22N2O5S. The summed E-state index contributed by atoms with van der Waals surface area (Å²) in [5.41, 5.74) is 0.510. The molecule has 0 saturated carbocycles. The number of rotatable bonds is 8. The third-order valence-electron chi connectivity index (χ3n) is 3.45. The smallest absolute Gasteiger partial charge is 0.337 e. The lowest BCUT2D eigenvalue weighted by atomic mass is 10.1. The van der Waals surface area contributed by atoms with Gasteiger partial charge in [-0.2, -0.15) is 0 Å². The van der Waals surface area contributed by atoms with Crippen LogP contribution in [0.3, 0.4) is 0 Å². The number of aliphatic hydroxyl groups is 1. The summed E-state index contributed by atoms with van der Waals surface area (Å²) < 4.78 is 11.5. The molecule has 0 aliphatic rings. The number of thioether (sulfide) groups is 1. The first-order chi connectivity index (χ1) is 12.0. The number of carbonyl (C=O) groups is 1. The second kappa shape index (κ2) is 8.98. The number of methoxy groups -OCH3 is 1. The zero-order valence-electron chi connectivity index (χ0n) is 14.5. The minimum absolute atomic E-state index is 0.150. The summed E-state index contributed by atoms with van der Waals surface area (Å²) in [5.74, 6) is 0.143. The van der Waals surface area contributed by atoms with Crippen molar-refractivity contribution in [1.29, 1.82) is 0 Å². The van der Waals surface area contributed by atoms with Gasteiger partial charge in [-0.1, -0.05) is 11.8 Å². The number of hydrogen-bond acceptors (Lipinski definition) is 7. The van der Waals surface area contributed by atoms with E-state index in [4.69, 9.17) is 9.47 Å². The number of aliphatic hydroxyl groups excluding tert-OH is 1. The molecule has 0 unspecified atom stereocenters. The molecule has 1 N–H and O–H groups in total. The van der Waals surface area contributed by atoms with Gasteiger partial charge in [0.2, 0.25) is 0 Å². The van der Waals surface area contributed by atoms with Gasteiger partial charge >= 0.3 is 5.97 Å². The standard InChI is InChI=1S/C17H22N2O5S/c1-4-24-7-8-25-17-18-14-9-12(16(22)23-3)5-6-13(14)15(21)19(17)10-11(2)20/h5-6,9,11,20H,4,7-8,10H2,1-3H3/t11-/m0/s1. The molecule has 1 aromatic heterocycles. The van der Waals surface area contributed by atoms with Crippen LogP contribution in [-0.2, 0) is 16.0 Å². The zero-order chi connectivity index (χ0) is 18.4. The topological polar surface area (TPSA) is 90.7 Å². The van der Waals surface area contributed by atoms with Crippen LogP contribution in [0.4, 0.5) is 0 Å². The van der Waals surface area contributed by atoms with Crippen LogP contribution in [0, 0.1) is 0 Å². The van der Waals surface area contributed by atoms with Gasteiger partial charge in [0.25, 0.3) is 5.56 Å². The second-order valence-corrected chi connectivity index (χ2v) is 6.49. The van der Waals surface area contributed by atoms with Crippen LogP contribution in [-0.4, -0.2) is 52.8 Å². The summed E-state index contributed by atoms with van der Waals surface area (Å²) in [7, 11) is 1.30. The number of nitrogens with zero attached hydrogens (tertiary/aromatic N) is 2. The molecule has 0 radical (unpaired) electrons. The lowest BCUT2D eigenvalue weighted by molar-refractivity contribution is 0.0601. The lowest BCUT2D eigenvalue weighted by Gasteiger charge is -2.14. The van der Waals surface area contributed by atoms with Gasteiger partial charge in [0, 0.05) is 12.4 Å². The van der Waals surface area contributed by atoms with Crippen LogP contribution < -0.4 is 5.56 Å². The molecule has 0 amide bonds. The van der Waals surface area contributed by atoms with E-state index >= 15 is 0 Å². The molecular weight excluding hydrogens is 344 g/mol. The molecule has 2 aromatic rings. The number of esters is 1. The van der Waals surface area contributed by atoms with E-state index in [2.05, 4.69) is 4.98 Å². The molecule has 8 heteroatoms. The highest BCUT2D eigenvalue weighted by Crippen LogP contribution is 2.19. The van der Waals surface area contributed by atoms with Crippen LogP contribution >= 0.6 is 11.8 Å². The molecule has 7 nitrogen and oxygen atoms in total. The third kappa shape index (κ3) is 4.81. The first kappa shape index (κ1) is 19.4. The first-order valence-electron chi connectivity index (χ1n) is 7.99. The Morgan fingerprint density at radius 2 is 2.20 bits per heavy atom. The highest BCUT2D eigenvalue weighted by atomic mass is 32.2. The fraction of sp³-hybridized carbons (Fsp3) is 0.471. The van der Waals surface area contributed by atoms with E-state index in [1.54, 1.807) is 19.1 Å². The van der Waals surface area contributed by atoms with E-state index in [0.717, 1.165) is 0 Å². The van der Waals surface area contributed by atoms with E-state index in [1.807, 2.05) is 6.92 Å². The molecule has 1 heterocycles. The maximum absolute atomic E-state index is 12.8. The van der Waals surface area contributed by atoms with Gasteiger partial charge < -0.3 is 14.6 Å². The van der Waals surface area contributed by atoms with Gasteiger partial charge in [-0.25, -0.2) is 9.78 Å². The Balaban J connectivity index is 2.48. The van der Waals surface area contributed by atoms with Crippen LogP contribution in [0.5, 0.6) is 0 Å². The molecule has 0 aliphatic carbocycles. The summed E-state index contributed by atoms with van der Waals surface area (Å²) in [6, 6.07) is 4.64.